The zero-order valence-electron chi connectivity index (χ0n) is 10.4. The van der Waals surface area contributed by atoms with E-state index in [-0.39, 0.29) is 18.1 Å². The summed E-state index contributed by atoms with van der Waals surface area (Å²) in [5.74, 6) is -0.744. The van der Waals surface area contributed by atoms with E-state index >= 15 is 0 Å². The van der Waals surface area contributed by atoms with Crippen molar-refractivity contribution in [2.75, 3.05) is 0 Å². The minimum absolute atomic E-state index is 0.0999. The number of carbonyl (C=O) groups is 1. The van der Waals surface area contributed by atoms with Gasteiger partial charge in [-0.15, -0.1) is 4.85 Å². The summed E-state index contributed by atoms with van der Waals surface area (Å²) in [5, 5.41) is 21.9. The lowest BCUT2D eigenvalue weighted by Gasteiger charge is -2.11. The Balaban J connectivity index is 2.25. The molecule has 1 heterocycles. The van der Waals surface area contributed by atoms with E-state index in [1.54, 1.807) is 12.1 Å². The number of hydrogen-bond donors (Lipinski definition) is 2. The van der Waals surface area contributed by atoms with Crippen LogP contribution in [-0.2, 0) is 13.0 Å². The van der Waals surface area contributed by atoms with Gasteiger partial charge in [0.15, 0.2) is 0 Å². The van der Waals surface area contributed by atoms with Crippen LogP contribution in [0.2, 0.25) is 0 Å². The molecule has 1 aromatic heterocycles. The fraction of sp³-hybridized carbons (Fsp3) is 0.231. The monoisotopic (exact) mass is 262 g/mol. The summed E-state index contributed by atoms with van der Waals surface area (Å²) in [6, 6.07) is 6.63. The smallest absolute Gasteiger partial charge is 0.336 e. The molecule has 0 spiro atoms. The van der Waals surface area contributed by atoms with Gasteiger partial charge in [-0.3, -0.25) is 0 Å². The Morgan fingerprint density at radius 1 is 1.42 bits per heavy atom. The first-order valence-electron chi connectivity index (χ1n) is 5.83. The highest BCUT2D eigenvalue weighted by Gasteiger charge is 2.14. The van der Waals surface area contributed by atoms with Crippen molar-refractivity contribution < 1.29 is 19.8 Å². The van der Waals surface area contributed by atoms with Gasteiger partial charge in [0.2, 0.25) is 5.88 Å². The van der Waals surface area contributed by atoms with Gasteiger partial charge in [0.05, 0.1) is 11.8 Å². The first-order chi connectivity index (χ1) is 9.11. The molecular weight excluding hydrogens is 248 g/mol. The van der Waals surface area contributed by atoms with Gasteiger partial charge in [0, 0.05) is 11.6 Å². The van der Waals surface area contributed by atoms with Gasteiger partial charge in [0.25, 0.3) is 0 Å². The minimum atomic E-state index is -0.985. The summed E-state index contributed by atoms with van der Waals surface area (Å²) in [6.07, 6.45) is 2.05. The molecule has 0 radical (unpaired) electrons. The third-order valence-electron chi connectivity index (χ3n) is 2.80. The first-order valence-corrected chi connectivity index (χ1v) is 5.83. The van der Waals surface area contributed by atoms with Gasteiger partial charge in [-0.25, -0.2) is 4.79 Å². The van der Waals surface area contributed by atoms with Crippen molar-refractivity contribution in [2.45, 2.75) is 20.0 Å². The molecule has 6 nitrogen and oxygen atoms in total. The molecule has 0 aliphatic carbocycles. The average Bonchev–Trinajstić information content (AvgIpc) is 2.81. The quantitative estimate of drug-likeness (QED) is 0.804. The maximum atomic E-state index is 11.2. The number of aryl methyl sites for hydroxylation is 1. The number of aromatic carboxylic acids is 1. The van der Waals surface area contributed by atoms with Gasteiger partial charge >= 0.3 is 5.97 Å². The second kappa shape index (κ2) is 5.43. The van der Waals surface area contributed by atoms with E-state index in [9.17, 15) is 9.90 Å². The fourth-order valence-corrected chi connectivity index (χ4v) is 1.86. The molecule has 0 saturated carbocycles. The molecule has 0 atom stereocenters. The van der Waals surface area contributed by atoms with Crippen LogP contribution in [-0.4, -0.2) is 26.2 Å². The predicted octanol–water partition coefficient (Wildman–Crippen LogP) is 1.96. The van der Waals surface area contributed by atoms with E-state index in [0.717, 1.165) is 5.56 Å². The third kappa shape index (κ3) is 2.85. The van der Waals surface area contributed by atoms with Crippen molar-refractivity contribution in [3.63, 3.8) is 0 Å². The topological polar surface area (TPSA) is 84.6 Å². The number of nitrogens with zero attached hydrogens (tertiary/aromatic N) is 2. The second-order valence-electron chi connectivity index (χ2n) is 3.96. The van der Waals surface area contributed by atoms with Gasteiger partial charge in [0.1, 0.15) is 6.61 Å². The molecule has 1 aromatic carbocycles. The molecule has 2 N–H and O–H groups in total. The summed E-state index contributed by atoms with van der Waals surface area (Å²) in [7, 11) is 0. The van der Waals surface area contributed by atoms with Crippen molar-refractivity contribution in [2.24, 2.45) is 0 Å². The summed E-state index contributed by atoms with van der Waals surface area (Å²) in [4.78, 5) is 11.8. The Hall–Kier alpha value is -2.50. The number of benzene rings is 1. The summed E-state index contributed by atoms with van der Waals surface area (Å²) < 4.78 is 5.39. The van der Waals surface area contributed by atoms with Crippen molar-refractivity contribution >= 4 is 5.97 Å². The van der Waals surface area contributed by atoms with E-state index in [4.69, 9.17) is 9.94 Å². The predicted molar refractivity (Wildman–Crippen MR) is 66.5 cm³/mol. The molecule has 19 heavy (non-hydrogen) atoms. The maximum Gasteiger partial charge on any atom is 0.336 e. The molecular formula is C13H14N2O4. The molecule has 0 aliphatic heterocycles. The zero-order chi connectivity index (χ0) is 13.8. The Kier molecular flexibility index (Phi) is 3.70. The highest BCUT2D eigenvalue weighted by atomic mass is 16.5. The molecule has 0 fully saturated rings. The second-order valence-corrected chi connectivity index (χ2v) is 3.96. The fourth-order valence-electron chi connectivity index (χ4n) is 1.86. The van der Waals surface area contributed by atoms with Crippen LogP contribution in [0.25, 0.3) is 0 Å². The molecule has 6 heteroatoms. The summed E-state index contributed by atoms with van der Waals surface area (Å²) in [6.45, 7) is 2.05. The molecule has 0 bridgehead atoms. The van der Waals surface area contributed by atoms with E-state index < -0.39 is 5.97 Å². The average molecular weight is 262 g/mol. The van der Waals surface area contributed by atoms with E-state index in [2.05, 4.69) is 5.10 Å². The Morgan fingerprint density at radius 2 is 2.21 bits per heavy atom. The van der Waals surface area contributed by atoms with Gasteiger partial charge in [-0.2, -0.15) is 0 Å². The maximum absolute atomic E-state index is 11.2. The van der Waals surface area contributed by atoms with Crippen LogP contribution in [0.3, 0.4) is 0 Å². The zero-order valence-corrected chi connectivity index (χ0v) is 10.4. The number of ether oxygens (including phenoxy) is 1. The Labute approximate surface area is 109 Å². The van der Waals surface area contributed by atoms with Crippen molar-refractivity contribution in [3.8, 4) is 5.88 Å². The summed E-state index contributed by atoms with van der Waals surface area (Å²) in [5.41, 5.74) is 1.77. The normalized spacial score (nSPS) is 10.4. The van der Waals surface area contributed by atoms with Crippen LogP contribution < -0.4 is 4.74 Å². The van der Waals surface area contributed by atoms with Crippen LogP contribution in [0.1, 0.15) is 28.4 Å². The Bertz CT molecular complexity index is 592. The van der Waals surface area contributed by atoms with Crippen molar-refractivity contribution in [1.82, 2.24) is 9.94 Å². The molecule has 0 unspecified atom stereocenters. The van der Waals surface area contributed by atoms with Crippen LogP contribution in [0.4, 0.5) is 0 Å². The molecule has 2 aromatic rings. The van der Waals surface area contributed by atoms with Crippen LogP contribution in [0.15, 0.2) is 30.5 Å². The number of carboxylic acid groups (broad SMARTS) is 1. The molecule has 2 rings (SSSR count). The van der Waals surface area contributed by atoms with E-state index in [1.165, 1.54) is 12.3 Å². The van der Waals surface area contributed by atoms with Crippen molar-refractivity contribution in [3.05, 3.63) is 47.2 Å². The SMILES string of the molecule is CCc1cccc(C(=O)O)c1COc1ccn(O)n1. The molecule has 0 saturated heterocycles. The Morgan fingerprint density at radius 3 is 2.79 bits per heavy atom. The standard InChI is InChI=1S/C13H14N2O4/c1-2-9-4-3-5-10(13(16)17)11(9)8-19-12-6-7-15(18)14-12/h3-7,18H,2,8H2,1H3,(H,16,17). The van der Waals surface area contributed by atoms with E-state index in [1.807, 2.05) is 13.0 Å². The van der Waals surface area contributed by atoms with Gasteiger partial charge in [-0.05, 0) is 18.1 Å². The first kappa shape index (κ1) is 12.9. The number of hydrogen-bond acceptors (Lipinski definition) is 4. The highest BCUT2D eigenvalue weighted by Crippen LogP contribution is 2.18. The van der Waals surface area contributed by atoms with Crippen molar-refractivity contribution in [1.29, 1.82) is 0 Å². The minimum Gasteiger partial charge on any atom is -0.478 e. The van der Waals surface area contributed by atoms with Crippen LogP contribution in [0, 0.1) is 0 Å². The van der Waals surface area contributed by atoms with E-state index in [0.29, 0.717) is 16.8 Å². The summed E-state index contributed by atoms with van der Waals surface area (Å²) >= 11 is 0. The molecule has 100 valence electrons. The largest absolute Gasteiger partial charge is 0.478 e. The van der Waals surface area contributed by atoms with Crippen LogP contribution in [0.5, 0.6) is 5.88 Å². The number of aromatic nitrogens is 2. The number of rotatable bonds is 5. The lowest BCUT2D eigenvalue weighted by atomic mass is 10.00. The van der Waals surface area contributed by atoms with Gasteiger partial charge in [-0.1, -0.05) is 24.2 Å². The highest BCUT2D eigenvalue weighted by molar-refractivity contribution is 5.89. The molecule has 0 amide bonds. The number of carboxylic acids is 1. The lowest BCUT2D eigenvalue weighted by Crippen LogP contribution is -2.09. The lowest BCUT2D eigenvalue weighted by molar-refractivity contribution is 0.0693. The third-order valence-corrected chi connectivity index (χ3v) is 2.80. The van der Waals surface area contributed by atoms with Crippen LogP contribution >= 0.6 is 0 Å². The van der Waals surface area contributed by atoms with Gasteiger partial charge < -0.3 is 15.1 Å². The molecule has 0 aliphatic rings.